The summed E-state index contributed by atoms with van der Waals surface area (Å²) in [5.41, 5.74) is 6.75. The van der Waals surface area contributed by atoms with E-state index in [0.29, 0.717) is 17.5 Å². The molecule has 0 spiro atoms. The van der Waals surface area contributed by atoms with Gasteiger partial charge in [-0.1, -0.05) is 127 Å². The molecule has 3 aromatic heterocycles. The summed E-state index contributed by atoms with van der Waals surface area (Å²) in [5.74, 6) is 1.89. The zero-order chi connectivity index (χ0) is 34.9. The molecule has 246 valence electrons. The molecule has 0 N–H and O–H groups in total. The Kier molecular flexibility index (Phi) is 6.48. The van der Waals surface area contributed by atoms with Crippen molar-refractivity contribution in [2.24, 2.45) is 0 Å². The van der Waals surface area contributed by atoms with E-state index in [0.717, 1.165) is 82.1 Å². The Morgan fingerprint density at radius 2 is 0.962 bits per heavy atom. The maximum atomic E-state index is 6.53. The lowest BCUT2D eigenvalue weighted by Crippen LogP contribution is -2.01. The highest BCUT2D eigenvalue weighted by Gasteiger charge is 2.19. The molecule has 0 saturated heterocycles. The quantitative estimate of drug-likeness (QED) is 0.186. The molecule has 0 aliphatic heterocycles. The minimum absolute atomic E-state index is 0.625. The SMILES string of the molecule is c1ccc2cc(-c3nc(-c4ccc5ccccc5c4)nc(-c4cccc5c(-c6cccc7oc8c9cnccc9ccc8c67)cccc45)n3)ccc2c1. The summed E-state index contributed by atoms with van der Waals surface area (Å²) >= 11 is 0. The summed E-state index contributed by atoms with van der Waals surface area (Å²) < 4.78 is 6.53. The molecule has 0 saturated carbocycles. The van der Waals surface area contributed by atoms with E-state index in [-0.39, 0.29) is 0 Å². The Balaban J connectivity index is 1.13. The van der Waals surface area contributed by atoms with E-state index < -0.39 is 0 Å². The predicted molar refractivity (Wildman–Crippen MR) is 217 cm³/mol. The molecule has 0 aliphatic carbocycles. The van der Waals surface area contributed by atoms with Gasteiger partial charge in [-0.3, -0.25) is 4.98 Å². The summed E-state index contributed by atoms with van der Waals surface area (Å²) in [6, 6.07) is 55.0. The second-order valence-electron chi connectivity index (χ2n) is 13.5. The van der Waals surface area contributed by atoms with Crippen LogP contribution in [0.4, 0.5) is 0 Å². The van der Waals surface area contributed by atoms with E-state index in [9.17, 15) is 0 Å². The molecule has 0 aliphatic rings. The van der Waals surface area contributed by atoms with E-state index in [1.165, 1.54) is 10.8 Å². The summed E-state index contributed by atoms with van der Waals surface area (Å²) in [6.07, 6.45) is 3.70. The second kappa shape index (κ2) is 11.7. The summed E-state index contributed by atoms with van der Waals surface area (Å²) in [4.78, 5) is 19.9. The lowest BCUT2D eigenvalue weighted by molar-refractivity contribution is 0.672. The van der Waals surface area contributed by atoms with Crippen molar-refractivity contribution in [3.8, 4) is 45.3 Å². The second-order valence-corrected chi connectivity index (χ2v) is 13.5. The first-order valence-corrected chi connectivity index (χ1v) is 17.7. The highest BCUT2D eigenvalue weighted by atomic mass is 16.3. The zero-order valence-electron chi connectivity index (χ0n) is 28.4. The first-order valence-electron chi connectivity index (χ1n) is 17.7. The third-order valence-electron chi connectivity index (χ3n) is 10.4. The molecule has 0 bridgehead atoms. The molecule has 5 nitrogen and oxygen atoms in total. The van der Waals surface area contributed by atoms with Crippen LogP contribution >= 0.6 is 0 Å². The number of pyridine rings is 1. The van der Waals surface area contributed by atoms with E-state index in [1.807, 2.05) is 24.5 Å². The molecule has 0 atom stereocenters. The van der Waals surface area contributed by atoms with Crippen LogP contribution in [-0.2, 0) is 0 Å². The highest BCUT2D eigenvalue weighted by molar-refractivity contribution is 6.20. The molecule has 53 heavy (non-hydrogen) atoms. The van der Waals surface area contributed by atoms with Crippen LogP contribution in [0.3, 0.4) is 0 Å². The third kappa shape index (κ3) is 4.79. The molecule has 5 heteroatoms. The normalized spacial score (nSPS) is 11.8. The average Bonchev–Trinajstić information content (AvgIpc) is 3.62. The Hall–Kier alpha value is -7.24. The summed E-state index contributed by atoms with van der Waals surface area (Å²) in [6.45, 7) is 0. The molecular formula is C48H28N4O. The number of benzene rings is 8. The molecular weight excluding hydrogens is 649 g/mol. The number of fused-ring (bicyclic) bond motifs is 8. The molecule has 3 heterocycles. The first kappa shape index (κ1) is 29.5. The van der Waals surface area contributed by atoms with Crippen LogP contribution in [0.5, 0.6) is 0 Å². The minimum Gasteiger partial charge on any atom is -0.455 e. The fourth-order valence-corrected chi connectivity index (χ4v) is 7.82. The van der Waals surface area contributed by atoms with E-state index >= 15 is 0 Å². The van der Waals surface area contributed by atoms with Gasteiger partial charge >= 0.3 is 0 Å². The summed E-state index contributed by atoms with van der Waals surface area (Å²) in [7, 11) is 0. The van der Waals surface area contributed by atoms with Gasteiger partial charge in [0.25, 0.3) is 0 Å². The van der Waals surface area contributed by atoms with Crippen molar-refractivity contribution in [3.05, 3.63) is 170 Å². The smallest absolute Gasteiger partial charge is 0.164 e. The van der Waals surface area contributed by atoms with E-state index in [1.54, 1.807) is 0 Å². The van der Waals surface area contributed by atoms with Crippen molar-refractivity contribution in [2.75, 3.05) is 0 Å². The van der Waals surface area contributed by atoms with Crippen LogP contribution in [-0.4, -0.2) is 19.9 Å². The number of furan rings is 1. The first-order chi connectivity index (χ1) is 26.2. The standard InChI is InChI=1S/C48H28N4O/c1-3-10-32-26-34(20-18-29(32)8-1)46-50-47(35-21-19-30-9-2-4-11-33(30)27-35)52-48(51-46)40-16-6-12-36-37(13-5-14-38(36)40)39-15-7-17-43-44(39)41-23-22-31-24-25-49-28-42(31)45(41)53-43/h1-28H. The fourth-order valence-electron chi connectivity index (χ4n) is 7.82. The maximum Gasteiger partial charge on any atom is 0.164 e. The van der Waals surface area contributed by atoms with E-state index in [2.05, 4.69) is 151 Å². The topological polar surface area (TPSA) is 64.7 Å². The van der Waals surface area contributed by atoms with Gasteiger partial charge in [-0.15, -0.1) is 0 Å². The Morgan fingerprint density at radius 3 is 1.68 bits per heavy atom. The number of nitrogens with zero attached hydrogens (tertiary/aromatic N) is 4. The van der Waals surface area contributed by atoms with Gasteiger partial charge in [-0.05, 0) is 79.2 Å². The molecule has 11 aromatic rings. The number of aromatic nitrogens is 4. The van der Waals surface area contributed by atoms with Gasteiger partial charge in [-0.2, -0.15) is 0 Å². The lowest BCUT2D eigenvalue weighted by Gasteiger charge is -2.13. The zero-order valence-corrected chi connectivity index (χ0v) is 28.4. The molecule has 0 radical (unpaired) electrons. The van der Waals surface area contributed by atoms with Crippen molar-refractivity contribution in [1.82, 2.24) is 19.9 Å². The van der Waals surface area contributed by atoms with Crippen molar-refractivity contribution in [3.63, 3.8) is 0 Å². The van der Waals surface area contributed by atoms with Crippen molar-refractivity contribution in [1.29, 1.82) is 0 Å². The Morgan fingerprint density at radius 1 is 0.377 bits per heavy atom. The van der Waals surface area contributed by atoms with Crippen LogP contribution in [0.1, 0.15) is 0 Å². The van der Waals surface area contributed by atoms with Gasteiger partial charge in [0, 0.05) is 45.2 Å². The molecule has 8 aromatic carbocycles. The van der Waals surface area contributed by atoms with E-state index in [4.69, 9.17) is 19.4 Å². The average molecular weight is 677 g/mol. The van der Waals surface area contributed by atoms with Crippen molar-refractivity contribution >= 4 is 65.0 Å². The minimum atomic E-state index is 0.625. The molecule has 0 amide bonds. The lowest BCUT2D eigenvalue weighted by atomic mass is 9.92. The van der Waals surface area contributed by atoms with Crippen LogP contribution in [0.25, 0.3) is 110 Å². The van der Waals surface area contributed by atoms with Gasteiger partial charge < -0.3 is 4.42 Å². The van der Waals surface area contributed by atoms with Gasteiger partial charge in [0.2, 0.25) is 0 Å². The maximum absolute atomic E-state index is 6.53. The monoisotopic (exact) mass is 676 g/mol. The van der Waals surface area contributed by atoms with Crippen LogP contribution in [0, 0.1) is 0 Å². The summed E-state index contributed by atoms with van der Waals surface area (Å²) in [5, 5.41) is 11.1. The van der Waals surface area contributed by atoms with Gasteiger partial charge in [-0.25, -0.2) is 15.0 Å². The van der Waals surface area contributed by atoms with Gasteiger partial charge in [0.05, 0.1) is 0 Å². The largest absolute Gasteiger partial charge is 0.455 e. The Labute approximate surface area is 303 Å². The fraction of sp³-hybridized carbons (Fsp3) is 0. The third-order valence-corrected chi connectivity index (χ3v) is 10.4. The van der Waals surface area contributed by atoms with Crippen molar-refractivity contribution in [2.45, 2.75) is 0 Å². The number of hydrogen-bond acceptors (Lipinski definition) is 5. The predicted octanol–water partition coefficient (Wildman–Crippen LogP) is 12.4. The van der Waals surface area contributed by atoms with Gasteiger partial charge in [0.15, 0.2) is 17.5 Å². The Bertz CT molecular complexity index is 3160. The van der Waals surface area contributed by atoms with Crippen LogP contribution in [0.2, 0.25) is 0 Å². The number of hydrogen-bond donors (Lipinski definition) is 0. The molecule has 0 unspecified atom stereocenters. The van der Waals surface area contributed by atoms with Crippen LogP contribution in [0.15, 0.2) is 175 Å². The van der Waals surface area contributed by atoms with Crippen molar-refractivity contribution < 1.29 is 4.42 Å². The van der Waals surface area contributed by atoms with Crippen LogP contribution < -0.4 is 0 Å². The van der Waals surface area contributed by atoms with Gasteiger partial charge in [0.1, 0.15) is 11.2 Å². The molecule has 0 fully saturated rings. The molecule has 11 rings (SSSR count). The highest BCUT2D eigenvalue weighted by Crippen LogP contribution is 2.42. The number of rotatable bonds is 4.